The number of carboxylic acid groups (broad SMARTS) is 1. The van der Waals surface area contributed by atoms with E-state index in [9.17, 15) is 4.79 Å². The van der Waals surface area contributed by atoms with Crippen molar-refractivity contribution in [2.45, 2.75) is 31.8 Å². The quantitative estimate of drug-likeness (QED) is 0.185. The maximum absolute atomic E-state index is 11.2. The van der Waals surface area contributed by atoms with Crippen molar-refractivity contribution in [1.29, 1.82) is 0 Å². The van der Waals surface area contributed by atoms with Gasteiger partial charge in [0.2, 0.25) is 0 Å². The summed E-state index contributed by atoms with van der Waals surface area (Å²) in [7, 11) is 0. The van der Waals surface area contributed by atoms with Crippen molar-refractivity contribution in [1.82, 2.24) is 0 Å². The molecule has 0 aliphatic carbocycles. The molecule has 0 spiro atoms. The number of carbonyl (C=O) groups excluding carboxylic acids is 1. The summed E-state index contributed by atoms with van der Waals surface area (Å²) in [6, 6.07) is 56.7. The van der Waals surface area contributed by atoms with E-state index >= 15 is 0 Å². The number of aliphatic carboxylic acids is 1. The molecule has 0 unspecified atom stereocenters. The fraction of sp³-hybridized carbons (Fsp3) is 0.152. The Balaban J connectivity index is 0.000000158. The normalized spacial score (nSPS) is 13.3. The maximum atomic E-state index is 11.2. The van der Waals surface area contributed by atoms with Crippen LogP contribution in [-0.4, -0.2) is 35.8 Å². The molecule has 0 bridgehead atoms. The fourth-order valence-corrected chi connectivity index (χ4v) is 5.85. The predicted octanol–water partition coefficient (Wildman–Crippen LogP) is 9.53. The van der Waals surface area contributed by atoms with Gasteiger partial charge in [0.05, 0.1) is 30.5 Å². The van der Waals surface area contributed by atoms with Gasteiger partial charge in [0.15, 0.2) is 5.78 Å². The number of hydrogen-bond acceptors (Lipinski definition) is 6. The first-order valence-corrected chi connectivity index (χ1v) is 17.6. The van der Waals surface area contributed by atoms with E-state index in [1.807, 2.05) is 84.9 Å². The molecule has 0 radical (unpaired) electrons. The zero-order chi connectivity index (χ0) is 37.3. The zero-order valence-corrected chi connectivity index (χ0v) is 29.8. The maximum Gasteiger partial charge on any atom is 0.300 e. The van der Waals surface area contributed by atoms with E-state index in [-0.39, 0.29) is 17.9 Å². The van der Waals surface area contributed by atoms with E-state index in [4.69, 9.17) is 30.1 Å². The third-order valence-corrected chi connectivity index (χ3v) is 8.40. The van der Waals surface area contributed by atoms with Crippen LogP contribution in [0.15, 0.2) is 175 Å². The van der Waals surface area contributed by atoms with Crippen molar-refractivity contribution in [2.24, 2.45) is 10.7 Å². The Morgan fingerprint density at radius 2 is 0.925 bits per heavy atom. The van der Waals surface area contributed by atoms with Crippen LogP contribution >= 0.6 is 0 Å². The minimum atomic E-state index is -0.833. The molecule has 2 heterocycles. The molecule has 0 atom stereocenters. The summed E-state index contributed by atoms with van der Waals surface area (Å²) in [5.41, 5.74) is 13.8. The van der Waals surface area contributed by atoms with E-state index < -0.39 is 5.97 Å². The van der Waals surface area contributed by atoms with E-state index in [1.54, 1.807) is 6.07 Å². The molecule has 0 amide bonds. The molecule has 0 saturated heterocycles. The van der Waals surface area contributed by atoms with Gasteiger partial charge in [-0.3, -0.25) is 14.6 Å². The van der Waals surface area contributed by atoms with E-state index in [1.165, 1.54) is 11.1 Å². The first kappa shape index (κ1) is 37.9. The minimum Gasteiger partial charge on any atom is -0.492 e. The van der Waals surface area contributed by atoms with Crippen LogP contribution < -0.4 is 15.2 Å². The Bertz CT molecular complexity index is 1970. The average Bonchev–Trinajstić information content (AvgIpc) is 3.21. The van der Waals surface area contributed by atoms with E-state index in [0.29, 0.717) is 19.6 Å². The van der Waals surface area contributed by atoms with Crippen LogP contribution in [0, 0.1) is 0 Å². The number of ether oxygens (including phenoxy) is 2. The van der Waals surface area contributed by atoms with Gasteiger partial charge in [-0.05, 0) is 46.5 Å². The van der Waals surface area contributed by atoms with Crippen LogP contribution in [0.25, 0.3) is 0 Å². The Kier molecular flexibility index (Phi) is 14.3. The van der Waals surface area contributed by atoms with E-state index in [0.717, 1.165) is 52.8 Å². The second kappa shape index (κ2) is 19.9. The van der Waals surface area contributed by atoms with Gasteiger partial charge < -0.3 is 20.3 Å². The molecule has 3 N–H and O–H groups in total. The highest BCUT2D eigenvalue weighted by atomic mass is 16.5. The number of fused-ring (bicyclic) bond motifs is 2. The molecule has 2 aliphatic rings. The summed E-state index contributed by atoms with van der Waals surface area (Å²) in [4.78, 5) is 25.4. The molecule has 268 valence electrons. The third kappa shape index (κ3) is 11.3. The Morgan fingerprint density at radius 1 is 0.566 bits per heavy atom. The topological polar surface area (TPSA) is 111 Å². The number of para-hydroxylation sites is 2. The van der Waals surface area contributed by atoms with Gasteiger partial charge in [0.25, 0.3) is 5.97 Å². The molecule has 0 aromatic heterocycles. The molecule has 53 heavy (non-hydrogen) atoms. The average molecular weight is 705 g/mol. The van der Waals surface area contributed by atoms with Crippen LogP contribution in [0.1, 0.15) is 70.0 Å². The second-order valence-electron chi connectivity index (χ2n) is 12.2. The molecule has 6 aromatic rings. The number of hydrogen-bond donors (Lipinski definition) is 2. The van der Waals surface area contributed by atoms with Crippen LogP contribution in [0.3, 0.4) is 0 Å². The highest BCUT2D eigenvalue weighted by Crippen LogP contribution is 2.31. The van der Waals surface area contributed by atoms with Crippen LogP contribution in [0.2, 0.25) is 0 Å². The summed E-state index contributed by atoms with van der Waals surface area (Å²) in [5.74, 6) is 1.01. The molecule has 6 aromatic carbocycles. The van der Waals surface area contributed by atoms with Crippen molar-refractivity contribution < 1.29 is 24.2 Å². The number of nitrogens with two attached hydrogens (primary N) is 1. The van der Waals surface area contributed by atoms with Gasteiger partial charge >= 0.3 is 0 Å². The number of carbonyl (C=O) groups is 2. The molecule has 7 nitrogen and oxygen atoms in total. The van der Waals surface area contributed by atoms with Crippen molar-refractivity contribution in [3.63, 3.8) is 0 Å². The van der Waals surface area contributed by atoms with Crippen LogP contribution in [0.5, 0.6) is 11.5 Å². The van der Waals surface area contributed by atoms with Gasteiger partial charge in [0, 0.05) is 25.3 Å². The monoisotopic (exact) mass is 704 g/mol. The van der Waals surface area contributed by atoms with Crippen LogP contribution in [0.4, 0.5) is 0 Å². The van der Waals surface area contributed by atoms with Crippen molar-refractivity contribution >= 4 is 17.5 Å². The van der Waals surface area contributed by atoms with Gasteiger partial charge in [-0.25, -0.2) is 0 Å². The Labute approximate surface area is 311 Å². The highest BCUT2D eigenvalue weighted by molar-refractivity contribution is 6.04. The molecule has 2 aliphatic heterocycles. The molecular formula is C46H44N2O5. The zero-order valence-electron chi connectivity index (χ0n) is 29.8. The summed E-state index contributed by atoms with van der Waals surface area (Å²) in [5, 5.41) is 7.42. The lowest BCUT2D eigenvalue weighted by atomic mass is 9.97. The minimum absolute atomic E-state index is 0.00792. The first-order chi connectivity index (χ1) is 25.9. The largest absolute Gasteiger partial charge is 0.492 e. The lowest BCUT2D eigenvalue weighted by Gasteiger charge is -2.22. The van der Waals surface area contributed by atoms with Crippen LogP contribution in [-0.2, 0) is 4.79 Å². The SMILES string of the molecule is CC(=O)O.NC(c1ccccc1)c1ccccc1.O=C1CCOc2ccccc21.c1ccc(C(N=C2CCOc3ccccc32)c2ccccc2)cc1. The molecule has 8 rings (SSSR count). The molecular weight excluding hydrogens is 661 g/mol. The summed E-state index contributed by atoms with van der Waals surface area (Å²) in [6.07, 6.45) is 1.35. The van der Waals surface area contributed by atoms with Gasteiger partial charge in [0.1, 0.15) is 17.5 Å². The van der Waals surface area contributed by atoms with Gasteiger partial charge in [-0.1, -0.05) is 146 Å². The van der Waals surface area contributed by atoms with Crippen molar-refractivity contribution in [3.8, 4) is 11.5 Å². The van der Waals surface area contributed by atoms with E-state index in [2.05, 4.69) is 78.9 Å². The number of nitrogens with zero attached hydrogens (tertiary/aromatic N) is 1. The number of carboxylic acids is 1. The Morgan fingerprint density at radius 3 is 1.38 bits per heavy atom. The Hall–Kier alpha value is -6.31. The number of Topliss-reactive ketones (excluding diaryl/α,β-unsaturated/α-hetero) is 1. The number of ketones is 1. The molecule has 0 fully saturated rings. The third-order valence-electron chi connectivity index (χ3n) is 8.40. The number of rotatable bonds is 5. The summed E-state index contributed by atoms with van der Waals surface area (Å²) < 4.78 is 11.0. The fourth-order valence-electron chi connectivity index (χ4n) is 5.85. The lowest BCUT2D eigenvalue weighted by Crippen LogP contribution is -2.17. The smallest absolute Gasteiger partial charge is 0.300 e. The first-order valence-electron chi connectivity index (χ1n) is 17.6. The number of benzene rings is 6. The number of aliphatic imine (C=N–C) groups is 1. The molecule has 0 saturated carbocycles. The van der Waals surface area contributed by atoms with Crippen molar-refractivity contribution in [3.05, 3.63) is 203 Å². The molecule has 7 heteroatoms. The second-order valence-corrected chi connectivity index (χ2v) is 12.2. The van der Waals surface area contributed by atoms with Gasteiger partial charge in [-0.15, -0.1) is 0 Å². The highest BCUT2D eigenvalue weighted by Gasteiger charge is 2.20. The van der Waals surface area contributed by atoms with Crippen molar-refractivity contribution in [2.75, 3.05) is 13.2 Å². The summed E-state index contributed by atoms with van der Waals surface area (Å²) >= 11 is 0. The van der Waals surface area contributed by atoms with Gasteiger partial charge in [-0.2, -0.15) is 0 Å². The summed E-state index contributed by atoms with van der Waals surface area (Å²) in [6.45, 7) is 2.29. The lowest BCUT2D eigenvalue weighted by molar-refractivity contribution is -0.134. The predicted molar refractivity (Wildman–Crippen MR) is 211 cm³/mol. The standard InChI is InChI=1S/C22H19NO.C13H13N.C9H8O2.C2H4O2/c1-3-9-17(10-4-1)22(18-11-5-2-6-12-18)23-20-15-16-24-21-14-8-7-13-19(20)21;14-13(11-7-3-1-4-8-11)12-9-5-2-6-10-12;10-8-5-6-11-9-4-2-1-3-7(8)9;1-2(3)4/h1-14,22H,15-16H2;1-10,13H,14H2;1-4H,5-6H2;1H3,(H,3,4).